The monoisotopic (exact) mass is 241 g/mol. The number of aryl methyl sites for hydroxylation is 2. The second-order valence-corrected chi connectivity index (χ2v) is 4.15. The van der Waals surface area contributed by atoms with Gasteiger partial charge in [0.15, 0.2) is 5.78 Å². The Bertz CT molecular complexity index is 597. The first-order chi connectivity index (χ1) is 8.59. The second kappa shape index (κ2) is 4.96. The van der Waals surface area contributed by atoms with E-state index in [0.717, 1.165) is 17.0 Å². The molecule has 92 valence electrons. The third-order valence-electron chi connectivity index (χ3n) is 2.87. The van der Waals surface area contributed by atoms with Crippen molar-refractivity contribution in [3.05, 3.63) is 53.1 Å². The first-order valence-corrected chi connectivity index (χ1v) is 5.72. The molecule has 0 aliphatic carbocycles. The smallest absolute Gasteiger partial charge is 0.189 e. The van der Waals surface area contributed by atoms with Gasteiger partial charge in [0.2, 0.25) is 0 Å². The number of allylic oxidation sites excluding steroid dienone is 1. The first-order valence-electron chi connectivity index (χ1n) is 5.72. The van der Waals surface area contributed by atoms with Crippen molar-refractivity contribution in [2.75, 3.05) is 0 Å². The van der Waals surface area contributed by atoms with Gasteiger partial charge in [0, 0.05) is 25.1 Å². The normalized spacial score (nSPS) is 11.1. The van der Waals surface area contributed by atoms with Crippen LogP contribution in [0, 0.1) is 13.8 Å². The molecule has 0 radical (unpaired) electrons. The minimum Gasteiger partial charge on any atom is -0.289 e. The van der Waals surface area contributed by atoms with Crippen molar-refractivity contribution >= 4 is 11.9 Å². The molecule has 2 aromatic rings. The van der Waals surface area contributed by atoms with Gasteiger partial charge in [-0.1, -0.05) is 6.07 Å². The molecule has 0 saturated carbocycles. The van der Waals surface area contributed by atoms with Gasteiger partial charge in [-0.2, -0.15) is 5.10 Å². The van der Waals surface area contributed by atoms with Gasteiger partial charge in [0.05, 0.1) is 11.3 Å². The van der Waals surface area contributed by atoms with E-state index in [1.54, 1.807) is 29.2 Å². The number of aromatic nitrogens is 3. The zero-order valence-corrected chi connectivity index (χ0v) is 10.7. The molecule has 0 aliphatic heterocycles. The fourth-order valence-corrected chi connectivity index (χ4v) is 1.86. The molecule has 4 heteroatoms. The molecule has 4 nitrogen and oxygen atoms in total. The zero-order chi connectivity index (χ0) is 13.1. The van der Waals surface area contributed by atoms with E-state index < -0.39 is 0 Å². The molecule has 0 aromatic carbocycles. The number of pyridine rings is 1. The summed E-state index contributed by atoms with van der Waals surface area (Å²) in [5.74, 6) is -0.0260. The number of hydrogen-bond acceptors (Lipinski definition) is 3. The molecule has 2 aromatic heterocycles. The highest BCUT2D eigenvalue weighted by Crippen LogP contribution is 2.13. The van der Waals surface area contributed by atoms with Crippen LogP contribution < -0.4 is 0 Å². The molecule has 0 bridgehead atoms. The number of nitrogens with zero attached hydrogens (tertiary/aromatic N) is 3. The molecule has 0 amide bonds. The SMILES string of the molecule is Cc1nn(C)c(C)c1C(=O)/C=C/c1cccnc1. The number of carbonyl (C=O) groups is 1. The maximum Gasteiger partial charge on any atom is 0.189 e. The van der Waals surface area contributed by atoms with Crippen LogP contribution in [0.3, 0.4) is 0 Å². The van der Waals surface area contributed by atoms with Crippen molar-refractivity contribution in [2.24, 2.45) is 7.05 Å². The summed E-state index contributed by atoms with van der Waals surface area (Å²) in [6.45, 7) is 3.74. The Kier molecular flexibility index (Phi) is 3.37. The van der Waals surface area contributed by atoms with Gasteiger partial charge in [-0.15, -0.1) is 0 Å². The van der Waals surface area contributed by atoms with Crippen LogP contribution in [0.1, 0.15) is 27.3 Å². The fourth-order valence-electron chi connectivity index (χ4n) is 1.86. The van der Waals surface area contributed by atoms with Crippen LogP contribution >= 0.6 is 0 Å². The van der Waals surface area contributed by atoms with Gasteiger partial charge in [-0.3, -0.25) is 14.5 Å². The topological polar surface area (TPSA) is 47.8 Å². The van der Waals surface area contributed by atoms with Crippen LogP contribution in [0.5, 0.6) is 0 Å². The van der Waals surface area contributed by atoms with E-state index in [2.05, 4.69) is 10.1 Å². The molecule has 0 N–H and O–H groups in total. The van der Waals surface area contributed by atoms with E-state index in [1.807, 2.05) is 33.0 Å². The minimum absolute atomic E-state index is 0.0260. The van der Waals surface area contributed by atoms with E-state index in [9.17, 15) is 4.79 Å². The van der Waals surface area contributed by atoms with E-state index in [1.165, 1.54) is 0 Å². The third-order valence-corrected chi connectivity index (χ3v) is 2.87. The third kappa shape index (κ3) is 2.37. The van der Waals surface area contributed by atoms with Gasteiger partial charge in [-0.25, -0.2) is 0 Å². The largest absolute Gasteiger partial charge is 0.289 e. The molecule has 0 atom stereocenters. The standard InChI is InChI=1S/C14H15N3O/c1-10-14(11(2)17(3)16-10)13(18)7-6-12-5-4-8-15-9-12/h4-9H,1-3H3/b7-6+. The molecule has 0 fully saturated rings. The Morgan fingerprint density at radius 3 is 2.72 bits per heavy atom. The summed E-state index contributed by atoms with van der Waals surface area (Å²) in [6, 6.07) is 3.74. The van der Waals surface area contributed by atoms with Crippen molar-refractivity contribution in [2.45, 2.75) is 13.8 Å². The van der Waals surface area contributed by atoms with Crippen LogP contribution in [0.25, 0.3) is 6.08 Å². The van der Waals surface area contributed by atoms with Crippen molar-refractivity contribution in [3.63, 3.8) is 0 Å². The molecule has 0 spiro atoms. The average Bonchev–Trinajstić information content (AvgIpc) is 2.62. The van der Waals surface area contributed by atoms with E-state index in [4.69, 9.17) is 0 Å². The Labute approximate surface area is 106 Å². The maximum atomic E-state index is 12.1. The lowest BCUT2D eigenvalue weighted by Crippen LogP contribution is -1.99. The Morgan fingerprint density at radius 2 is 2.17 bits per heavy atom. The lowest BCUT2D eigenvalue weighted by molar-refractivity contribution is 0.104. The number of rotatable bonds is 3. The predicted molar refractivity (Wildman–Crippen MR) is 70.3 cm³/mol. The van der Waals surface area contributed by atoms with Crippen molar-refractivity contribution in [1.29, 1.82) is 0 Å². The van der Waals surface area contributed by atoms with Gasteiger partial charge in [0.25, 0.3) is 0 Å². The van der Waals surface area contributed by atoms with Gasteiger partial charge in [0.1, 0.15) is 0 Å². The summed E-state index contributed by atoms with van der Waals surface area (Å²) in [5.41, 5.74) is 3.23. The molecule has 0 saturated heterocycles. The second-order valence-electron chi connectivity index (χ2n) is 4.15. The molecule has 18 heavy (non-hydrogen) atoms. The van der Waals surface area contributed by atoms with Gasteiger partial charge in [-0.05, 0) is 37.6 Å². The first kappa shape index (κ1) is 12.2. The highest BCUT2D eigenvalue weighted by Gasteiger charge is 2.14. The van der Waals surface area contributed by atoms with Crippen LogP contribution in [-0.4, -0.2) is 20.5 Å². The lowest BCUT2D eigenvalue weighted by Gasteiger charge is -1.96. The summed E-state index contributed by atoms with van der Waals surface area (Å²) < 4.78 is 1.72. The minimum atomic E-state index is -0.0260. The van der Waals surface area contributed by atoms with Gasteiger partial charge < -0.3 is 0 Å². The summed E-state index contributed by atoms with van der Waals surface area (Å²) in [5, 5.41) is 4.24. The fraction of sp³-hybridized carbons (Fsp3) is 0.214. The number of ketones is 1. The van der Waals surface area contributed by atoms with Crippen molar-refractivity contribution in [1.82, 2.24) is 14.8 Å². The maximum absolute atomic E-state index is 12.1. The molecular weight excluding hydrogens is 226 g/mol. The Morgan fingerprint density at radius 1 is 1.39 bits per heavy atom. The molecule has 2 rings (SSSR count). The summed E-state index contributed by atoms with van der Waals surface area (Å²) >= 11 is 0. The van der Waals surface area contributed by atoms with Crippen LogP contribution in [0.15, 0.2) is 30.6 Å². The zero-order valence-electron chi connectivity index (χ0n) is 10.7. The summed E-state index contributed by atoms with van der Waals surface area (Å²) in [6.07, 6.45) is 6.75. The molecule has 0 aliphatic rings. The van der Waals surface area contributed by atoms with E-state index >= 15 is 0 Å². The lowest BCUT2D eigenvalue weighted by atomic mass is 10.1. The van der Waals surface area contributed by atoms with Crippen molar-refractivity contribution in [3.8, 4) is 0 Å². The molecular formula is C14H15N3O. The van der Waals surface area contributed by atoms with Crippen LogP contribution in [0.4, 0.5) is 0 Å². The molecule has 0 unspecified atom stereocenters. The van der Waals surface area contributed by atoms with E-state index in [-0.39, 0.29) is 5.78 Å². The highest BCUT2D eigenvalue weighted by molar-refractivity contribution is 6.08. The number of hydrogen-bond donors (Lipinski definition) is 0. The van der Waals surface area contributed by atoms with Crippen LogP contribution in [-0.2, 0) is 7.05 Å². The van der Waals surface area contributed by atoms with E-state index in [0.29, 0.717) is 5.56 Å². The molecule has 2 heterocycles. The average molecular weight is 241 g/mol. The Balaban J connectivity index is 2.25. The van der Waals surface area contributed by atoms with Crippen LogP contribution in [0.2, 0.25) is 0 Å². The summed E-state index contributed by atoms with van der Waals surface area (Å²) in [7, 11) is 1.84. The van der Waals surface area contributed by atoms with Crippen molar-refractivity contribution < 1.29 is 4.79 Å². The van der Waals surface area contributed by atoms with Gasteiger partial charge >= 0.3 is 0 Å². The quantitative estimate of drug-likeness (QED) is 0.612. The summed E-state index contributed by atoms with van der Waals surface area (Å²) in [4.78, 5) is 16.1. The predicted octanol–water partition coefficient (Wildman–Crippen LogP) is 2.33. The number of carbonyl (C=O) groups excluding carboxylic acids is 1. The highest BCUT2D eigenvalue weighted by atomic mass is 16.1. The Hall–Kier alpha value is -2.23.